The van der Waals surface area contributed by atoms with Crippen molar-refractivity contribution in [3.8, 4) is 0 Å². The minimum Gasteiger partial charge on any atom is -0.464 e. The Morgan fingerprint density at radius 2 is 1.69 bits per heavy atom. The molecule has 1 fully saturated rings. The van der Waals surface area contributed by atoms with Crippen molar-refractivity contribution in [3.63, 3.8) is 0 Å². The number of nitrogens with zero attached hydrogens (tertiary/aromatic N) is 1. The Balaban J connectivity index is 1.88. The SMILES string of the molecule is CCOC(=O)[C@@H]1[C@H](c2ccccc2)OC(=O)N1NC(=O)c1ccccc1. The van der Waals surface area contributed by atoms with E-state index < -0.39 is 30.1 Å². The lowest BCUT2D eigenvalue weighted by Crippen LogP contribution is -2.51. The summed E-state index contributed by atoms with van der Waals surface area (Å²) >= 11 is 0. The van der Waals surface area contributed by atoms with Crippen molar-refractivity contribution in [1.82, 2.24) is 10.4 Å². The van der Waals surface area contributed by atoms with Gasteiger partial charge in [-0.3, -0.25) is 10.2 Å². The van der Waals surface area contributed by atoms with Crippen LogP contribution in [0.25, 0.3) is 0 Å². The number of carbonyl (C=O) groups excluding carboxylic acids is 3. The van der Waals surface area contributed by atoms with Crippen molar-refractivity contribution < 1.29 is 23.9 Å². The van der Waals surface area contributed by atoms with Crippen LogP contribution in [0.5, 0.6) is 0 Å². The first-order chi connectivity index (χ1) is 12.6. The van der Waals surface area contributed by atoms with E-state index in [2.05, 4.69) is 5.43 Å². The zero-order valence-electron chi connectivity index (χ0n) is 14.1. The molecule has 0 aromatic heterocycles. The van der Waals surface area contributed by atoms with Crippen molar-refractivity contribution in [3.05, 3.63) is 71.8 Å². The predicted octanol–water partition coefficient (Wildman–Crippen LogP) is 2.46. The van der Waals surface area contributed by atoms with Crippen LogP contribution in [0.4, 0.5) is 4.79 Å². The Labute approximate surface area is 150 Å². The predicted molar refractivity (Wildman–Crippen MR) is 91.8 cm³/mol. The minimum absolute atomic E-state index is 0.144. The number of benzene rings is 2. The first-order valence-corrected chi connectivity index (χ1v) is 8.19. The normalized spacial score (nSPS) is 19.0. The Hall–Kier alpha value is -3.35. The van der Waals surface area contributed by atoms with Crippen LogP contribution >= 0.6 is 0 Å². The van der Waals surface area contributed by atoms with Crippen LogP contribution in [0.2, 0.25) is 0 Å². The van der Waals surface area contributed by atoms with Crippen molar-refractivity contribution in [2.75, 3.05) is 6.61 Å². The quantitative estimate of drug-likeness (QED) is 0.834. The largest absolute Gasteiger partial charge is 0.464 e. The molecule has 2 atom stereocenters. The van der Waals surface area contributed by atoms with Crippen LogP contribution in [-0.2, 0) is 14.3 Å². The Morgan fingerprint density at radius 3 is 2.31 bits per heavy atom. The summed E-state index contributed by atoms with van der Waals surface area (Å²) in [5, 5.41) is 0.894. The molecular formula is C19H18N2O5. The molecule has 7 heteroatoms. The number of rotatable bonds is 5. The number of hydrogen-bond donors (Lipinski definition) is 1. The number of nitrogens with one attached hydrogen (secondary N) is 1. The molecule has 0 bridgehead atoms. The van der Waals surface area contributed by atoms with Gasteiger partial charge < -0.3 is 9.47 Å². The molecule has 2 aromatic carbocycles. The number of ether oxygens (including phenoxy) is 2. The summed E-state index contributed by atoms with van der Waals surface area (Å²) in [5.74, 6) is -1.17. The van der Waals surface area contributed by atoms with E-state index in [0.717, 1.165) is 5.01 Å². The highest BCUT2D eigenvalue weighted by atomic mass is 16.6. The lowest BCUT2D eigenvalue weighted by Gasteiger charge is -2.23. The average molecular weight is 354 g/mol. The summed E-state index contributed by atoms with van der Waals surface area (Å²) in [6, 6.07) is 16.1. The average Bonchev–Trinajstić information content (AvgIpc) is 3.00. The second kappa shape index (κ2) is 7.69. The molecule has 0 radical (unpaired) electrons. The second-order valence-corrected chi connectivity index (χ2v) is 5.59. The highest BCUT2D eigenvalue weighted by Crippen LogP contribution is 2.32. The molecule has 1 N–H and O–H groups in total. The number of hydrazine groups is 1. The summed E-state index contributed by atoms with van der Waals surface area (Å²) < 4.78 is 10.4. The van der Waals surface area contributed by atoms with Gasteiger partial charge in [-0.25, -0.2) is 9.59 Å². The topological polar surface area (TPSA) is 84.9 Å². The molecule has 0 unspecified atom stereocenters. The van der Waals surface area contributed by atoms with E-state index in [4.69, 9.17) is 9.47 Å². The molecule has 7 nitrogen and oxygen atoms in total. The maximum atomic E-state index is 12.5. The molecule has 1 heterocycles. The molecule has 1 aliphatic heterocycles. The van der Waals surface area contributed by atoms with E-state index in [1.807, 2.05) is 6.07 Å². The molecular weight excluding hydrogens is 336 g/mol. The van der Waals surface area contributed by atoms with E-state index in [0.29, 0.717) is 11.1 Å². The molecule has 0 saturated carbocycles. The van der Waals surface area contributed by atoms with Gasteiger partial charge in [0.05, 0.1) is 6.61 Å². The van der Waals surface area contributed by atoms with Gasteiger partial charge in [0.2, 0.25) is 0 Å². The summed E-state index contributed by atoms with van der Waals surface area (Å²) in [5.41, 5.74) is 3.44. The highest BCUT2D eigenvalue weighted by Gasteiger charge is 2.49. The van der Waals surface area contributed by atoms with Gasteiger partial charge in [-0.05, 0) is 24.6 Å². The lowest BCUT2D eigenvalue weighted by atomic mass is 10.0. The third kappa shape index (κ3) is 3.51. The Kier molecular flexibility index (Phi) is 5.17. The van der Waals surface area contributed by atoms with Gasteiger partial charge >= 0.3 is 12.1 Å². The number of carbonyl (C=O) groups is 3. The summed E-state index contributed by atoms with van der Waals surface area (Å²) in [6.45, 7) is 1.81. The van der Waals surface area contributed by atoms with E-state index in [-0.39, 0.29) is 6.61 Å². The first kappa shape index (κ1) is 17.5. The molecule has 2 aromatic rings. The maximum absolute atomic E-state index is 12.5. The fraction of sp³-hybridized carbons (Fsp3) is 0.211. The second-order valence-electron chi connectivity index (χ2n) is 5.59. The van der Waals surface area contributed by atoms with Gasteiger partial charge in [-0.15, -0.1) is 0 Å². The minimum atomic E-state index is -1.11. The molecule has 1 saturated heterocycles. The molecule has 1 aliphatic rings. The van der Waals surface area contributed by atoms with Crippen molar-refractivity contribution in [1.29, 1.82) is 0 Å². The summed E-state index contributed by atoms with van der Waals surface area (Å²) in [4.78, 5) is 37.2. The third-order valence-electron chi connectivity index (χ3n) is 3.90. The zero-order chi connectivity index (χ0) is 18.5. The number of esters is 1. The Bertz CT molecular complexity index is 794. The summed E-state index contributed by atoms with van der Waals surface area (Å²) in [6.07, 6.45) is -1.69. The number of hydrogen-bond acceptors (Lipinski definition) is 5. The lowest BCUT2D eigenvalue weighted by molar-refractivity contribution is -0.149. The first-order valence-electron chi connectivity index (χ1n) is 8.19. The van der Waals surface area contributed by atoms with Crippen LogP contribution in [0.3, 0.4) is 0 Å². The van der Waals surface area contributed by atoms with Gasteiger partial charge in [0.1, 0.15) is 0 Å². The molecule has 2 amide bonds. The standard InChI is InChI=1S/C19H18N2O5/c1-2-25-18(23)15-16(13-9-5-3-6-10-13)26-19(24)21(15)20-17(22)14-11-7-4-8-12-14/h3-12,15-16H,2H2,1H3,(H,20,22)/t15-,16-/m0/s1. The van der Waals surface area contributed by atoms with Gasteiger partial charge in [-0.1, -0.05) is 48.5 Å². The molecule has 134 valence electrons. The Morgan fingerprint density at radius 1 is 1.08 bits per heavy atom. The number of amides is 2. The van der Waals surface area contributed by atoms with Crippen LogP contribution < -0.4 is 5.43 Å². The maximum Gasteiger partial charge on any atom is 0.430 e. The van der Waals surface area contributed by atoms with E-state index in [9.17, 15) is 14.4 Å². The van der Waals surface area contributed by atoms with Gasteiger partial charge in [0.25, 0.3) is 5.91 Å². The van der Waals surface area contributed by atoms with Crippen LogP contribution in [0, 0.1) is 0 Å². The zero-order valence-corrected chi connectivity index (χ0v) is 14.1. The third-order valence-corrected chi connectivity index (χ3v) is 3.90. The van der Waals surface area contributed by atoms with Gasteiger partial charge in [-0.2, -0.15) is 5.01 Å². The molecule has 0 aliphatic carbocycles. The van der Waals surface area contributed by atoms with Crippen molar-refractivity contribution >= 4 is 18.0 Å². The van der Waals surface area contributed by atoms with E-state index >= 15 is 0 Å². The van der Waals surface area contributed by atoms with Crippen molar-refractivity contribution in [2.24, 2.45) is 0 Å². The monoisotopic (exact) mass is 354 g/mol. The summed E-state index contributed by atoms with van der Waals surface area (Å²) in [7, 11) is 0. The molecule has 0 spiro atoms. The van der Waals surface area contributed by atoms with Gasteiger partial charge in [0.15, 0.2) is 12.1 Å². The molecule has 3 rings (SSSR count). The van der Waals surface area contributed by atoms with Gasteiger partial charge in [0, 0.05) is 5.56 Å². The smallest absolute Gasteiger partial charge is 0.430 e. The van der Waals surface area contributed by atoms with Crippen LogP contribution in [0.15, 0.2) is 60.7 Å². The van der Waals surface area contributed by atoms with Crippen LogP contribution in [-0.4, -0.2) is 35.6 Å². The number of cyclic esters (lactones) is 1. The van der Waals surface area contributed by atoms with Crippen molar-refractivity contribution in [2.45, 2.75) is 19.1 Å². The molecule has 26 heavy (non-hydrogen) atoms. The fourth-order valence-electron chi connectivity index (χ4n) is 2.71. The fourth-order valence-corrected chi connectivity index (χ4v) is 2.71. The van der Waals surface area contributed by atoms with E-state index in [1.165, 1.54) is 0 Å². The highest BCUT2D eigenvalue weighted by molar-refractivity contribution is 5.96. The van der Waals surface area contributed by atoms with Crippen LogP contribution in [0.1, 0.15) is 28.9 Å². The van der Waals surface area contributed by atoms with E-state index in [1.54, 1.807) is 61.5 Å².